The summed E-state index contributed by atoms with van der Waals surface area (Å²) in [5, 5.41) is 2.78. The number of amides is 1. The van der Waals surface area contributed by atoms with Gasteiger partial charge in [-0.25, -0.2) is 8.42 Å². The number of carbonyl (C=O) groups excluding carboxylic acids is 1. The van der Waals surface area contributed by atoms with E-state index in [2.05, 4.69) is 5.32 Å². The Labute approximate surface area is 144 Å². The first-order valence-electron chi connectivity index (χ1n) is 7.76. The van der Waals surface area contributed by atoms with E-state index >= 15 is 0 Å². The molecule has 1 N–H and O–H groups in total. The normalized spacial score (nSPS) is 11.1. The van der Waals surface area contributed by atoms with E-state index in [1.165, 1.54) is 11.4 Å². The predicted octanol–water partition coefficient (Wildman–Crippen LogP) is 1.39. The minimum absolute atomic E-state index is 0.0924. The van der Waals surface area contributed by atoms with Crippen LogP contribution in [0, 0.1) is 0 Å². The Morgan fingerprint density at radius 3 is 2.62 bits per heavy atom. The van der Waals surface area contributed by atoms with Gasteiger partial charge in [0, 0.05) is 39.3 Å². The van der Waals surface area contributed by atoms with Crippen LogP contribution in [0.25, 0.3) is 0 Å². The molecule has 136 valence electrons. The summed E-state index contributed by atoms with van der Waals surface area (Å²) in [6.07, 6.45) is 2.60. The van der Waals surface area contributed by atoms with Gasteiger partial charge < -0.3 is 14.8 Å². The van der Waals surface area contributed by atoms with Crippen LogP contribution in [0.1, 0.15) is 19.3 Å². The van der Waals surface area contributed by atoms with E-state index in [0.29, 0.717) is 31.0 Å². The van der Waals surface area contributed by atoms with Gasteiger partial charge in [0.25, 0.3) is 0 Å². The summed E-state index contributed by atoms with van der Waals surface area (Å²) < 4.78 is 35.4. The second-order valence-corrected chi connectivity index (χ2v) is 7.24. The Balaban J connectivity index is 2.57. The SMILES string of the molecule is COCCCNC(=O)CCCN(c1cccc(OC)c1)S(C)(=O)=O. The van der Waals surface area contributed by atoms with Gasteiger partial charge in [0.1, 0.15) is 5.75 Å². The molecule has 8 heteroatoms. The van der Waals surface area contributed by atoms with Crippen molar-refractivity contribution in [3.05, 3.63) is 24.3 Å². The first-order valence-corrected chi connectivity index (χ1v) is 9.60. The van der Waals surface area contributed by atoms with Crippen LogP contribution in [0.2, 0.25) is 0 Å². The van der Waals surface area contributed by atoms with Gasteiger partial charge in [-0.15, -0.1) is 0 Å². The van der Waals surface area contributed by atoms with Crippen LogP contribution in [0.15, 0.2) is 24.3 Å². The van der Waals surface area contributed by atoms with E-state index in [1.54, 1.807) is 31.4 Å². The number of nitrogens with zero attached hydrogens (tertiary/aromatic N) is 1. The van der Waals surface area contributed by atoms with Crippen molar-refractivity contribution >= 4 is 21.6 Å². The van der Waals surface area contributed by atoms with Gasteiger partial charge in [0.15, 0.2) is 0 Å². The molecule has 0 saturated carbocycles. The number of sulfonamides is 1. The topological polar surface area (TPSA) is 84.9 Å². The molecule has 1 aromatic carbocycles. The molecular formula is C16H26N2O5S. The van der Waals surface area contributed by atoms with E-state index in [4.69, 9.17) is 9.47 Å². The van der Waals surface area contributed by atoms with Crippen molar-refractivity contribution in [2.45, 2.75) is 19.3 Å². The fourth-order valence-corrected chi connectivity index (χ4v) is 3.13. The number of anilines is 1. The molecule has 0 aromatic heterocycles. The fraction of sp³-hybridized carbons (Fsp3) is 0.562. The third-order valence-corrected chi connectivity index (χ3v) is 4.55. The van der Waals surface area contributed by atoms with Crippen LogP contribution in [0.4, 0.5) is 5.69 Å². The Hall–Kier alpha value is -1.80. The standard InChI is InChI=1S/C16H26N2O5S/c1-22-12-6-10-17-16(19)9-5-11-18(24(3,20)21)14-7-4-8-15(13-14)23-2/h4,7-8,13H,5-6,9-12H2,1-3H3,(H,17,19). The van der Waals surface area contributed by atoms with E-state index in [0.717, 1.165) is 12.7 Å². The van der Waals surface area contributed by atoms with Crippen LogP contribution >= 0.6 is 0 Å². The highest BCUT2D eigenvalue weighted by Gasteiger charge is 2.18. The number of benzene rings is 1. The van der Waals surface area contributed by atoms with E-state index in [9.17, 15) is 13.2 Å². The zero-order valence-corrected chi connectivity index (χ0v) is 15.3. The molecule has 0 unspecified atom stereocenters. The van der Waals surface area contributed by atoms with Crippen molar-refractivity contribution in [3.8, 4) is 5.75 Å². The molecule has 1 aromatic rings. The quantitative estimate of drug-likeness (QED) is 0.604. The first-order chi connectivity index (χ1) is 11.4. The van der Waals surface area contributed by atoms with Crippen molar-refractivity contribution < 1.29 is 22.7 Å². The Bertz CT molecular complexity index is 619. The first kappa shape index (κ1) is 20.2. The minimum Gasteiger partial charge on any atom is -0.497 e. The zero-order valence-electron chi connectivity index (χ0n) is 14.4. The smallest absolute Gasteiger partial charge is 0.232 e. The molecule has 0 saturated heterocycles. The molecular weight excluding hydrogens is 332 g/mol. The molecule has 0 atom stereocenters. The maximum absolute atomic E-state index is 12.0. The molecule has 7 nitrogen and oxygen atoms in total. The van der Waals surface area contributed by atoms with Crippen LogP contribution < -0.4 is 14.4 Å². The molecule has 0 spiro atoms. The second-order valence-electron chi connectivity index (χ2n) is 5.34. The molecule has 0 fully saturated rings. The molecule has 0 aliphatic rings. The maximum atomic E-state index is 12.0. The number of hydrogen-bond acceptors (Lipinski definition) is 5. The lowest BCUT2D eigenvalue weighted by molar-refractivity contribution is -0.121. The van der Waals surface area contributed by atoms with Crippen molar-refractivity contribution in [2.75, 3.05) is 44.5 Å². The number of nitrogens with one attached hydrogen (secondary N) is 1. The molecule has 0 aliphatic carbocycles. The van der Waals surface area contributed by atoms with Gasteiger partial charge in [0.2, 0.25) is 15.9 Å². The summed E-state index contributed by atoms with van der Waals surface area (Å²) in [5.74, 6) is 0.488. The number of carbonyl (C=O) groups is 1. The van der Waals surface area contributed by atoms with Crippen LogP contribution in [0.3, 0.4) is 0 Å². The number of methoxy groups -OCH3 is 2. The second kappa shape index (κ2) is 10.1. The molecule has 1 rings (SSSR count). The molecule has 24 heavy (non-hydrogen) atoms. The van der Waals surface area contributed by atoms with Gasteiger partial charge in [-0.05, 0) is 25.0 Å². The average molecular weight is 358 g/mol. The number of hydrogen-bond donors (Lipinski definition) is 1. The number of rotatable bonds is 11. The summed E-state index contributed by atoms with van der Waals surface area (Å²) >= 11 is 0. The lowest BCUT2D eigenvalue weighted by Gasteiger charge is -2.22. The minimum atomic E-state index is -3.44. The maximum Gasteiger partial charge on any atom is 0.232 e. The molecule has 0 aliphatic heterocycles. The van der Waals surface area contributed by atoms with E-state index in [1.807, 2.05) is 0 Å². The molecule has 0 heterocycles. The zero-order chi connectivity index (χ0) is 18.0. The third kappa shape index (κ3) is 7.18. The van der Waals surface area contributed by atoms with Crippen LogP contribution in [-0.4, -0.2) is 54.5 Å². The van der Waals surface area contributed by atoms with Crippen LogP contribution in [0.5, 0.6) is 5.75 Å². The largest absolute Gasteiger partial charge is 0.497 e. The Morgan fingerprint density at radius 1 is 1.25 bits per heavy atom. The van der Waals surface area contributed by atoms with Crippen molar-refractivity contribution in [1.29, 1.82) is 0 Å². The Kier molecular flexibility index (Phi) is 8.56. The molecule has 0 bridgehead atoms. The monoisotopic (exact) mass is 358 g/mol. The number of ether oxygens (including phenoxy) is 2. The van der Waals surface area contributed by atoms with Gasteiger partial charge in [-0.2, -0.15) is 0 Å². The van der Waals surface area contributed by atoms with E-state index in [-0.39, 0.29) is 18.9 Å². The van der Waals surface area contributed by atoms with Crippen molar-refractivity contribution in [2.24, 2.45) is 0 Å². The van der Waals surface area contributed by atoms with Crippen LogP contribution in [-0.2, 0) is 19.6 Å². The summed E-state index contributed by atoms with van der Waals surface area (Å²) in [7, 11) is -0.299. The summed E-state index contributed by atoms with van der Waals surface area (Å²) in [5.41, 5.74) is 0.525. The lowest BCUT2D eigenvalue weighted by atomic mass is 10.2. The highest BCUT2D eigenvalue weighted by molar-refractivity contribution is 7.92. The molecule has 0 radical (unpaired) electrons. The Morgan fingerprint density at radius 2 is 2.00 bits per heavy atom. The third-order valence-electron chi connectivity index (χ3n) is 3.35. The highest BCUT2D eigenvalue weighted by atomic mass is 32.2. The predicted molar refractivity (Wildman–Crippen MR) is 93.9 cm³/mol. The molecule has 1 amide bonds. The fourth-order valence-electron chi connectivity index (χ4n) is 2.17. The lowest BCUT2D eigenvalue weighted by Crippen LogP contribution is -2.32. The summed E-state index contributed by atoms with van der Waals surface area (Å²) in [6.45, 7) is 1.38. The average Bonchev–Trinajstić information content (AvgIpc) is 2.54. The van der Waals surface area contributed by atoms with Crippen molar-refractivity contribution in [1.82, 2.24) is 5.32 Å². The highest BCUT2D eigenvalue weighted by Crippen LogP contribution is 2.23. The van der Waals surface area contributed by atoms with E-state index < -0.39 is 10.0 Å². The summed E-state index contributed by atoms with van der Waals surface area (Å²) in [6, 6.07) is 6.84. The summed E-state index contributed by atoms with van der Waals surface area (Å²) in [4.78, 5) is 11.7. The van der Waals surface area contributed by atoms with Gasteiger partial charge >= 0.3 is 0 Å². The van der Waals surface area contributed by atoms with Gasteiger partial charge in [-0.3, -0.25) is 9.10 Å². The van der Waals surface area contributed by atoms with Gasteiger partial charge in [-0.1, -0.05) is 6.07 Å². The van der Waals surface area contributed by atoms with Gasteiger partial charge in [0.05, 0.1) is 19.1 Å². The van der Waals surface area contributed by atoms with Crippen molar-refractivity contribution in [3.63, 3.8) is 0 Å².